The molecule has 0 saturated carbocycles. The van der Waals surface area contributed by atoms with Gasteiger partial charge in [0.1, 0.15) is 0 Å². The lowest BCUT2D eigenvalue weighted by Crippen LogP contribution is -2.49. The highest BCUT2D eigenvalue weighted by Crippen LogP contribution is 2.19. The highest BCUT2D eigenvalue weighted by Gasteiger charge is 2.31. The Morgan fingerprint density at radius 2 is 1.92 bits per heavy atom. The normalized spacial score (nSPS) is 22.0. The molecule has 0 bridgehead atoms. The molecule has 3 heterocycles. The zero-order chi connectivity index (χ0) is 16.4. The van der Waals surface area contributed by atoms with E-state index < -0.39 is 0 Å². The summed E-state index contributed by atoms with van der Waals surface area (Å²) in [6.45, 7) is 5.93. The third-order valence-electron chi connectivity index (χ3n) is 4.97. The van der Waals surface area contributed by atoms with Crippen molar-refractivity contribution < 1.29 is 4.79 Å². The number of piperazine rings is 1. The molecule has 1 aromatic heterocycles. The van der Waals surface area contributed by atoms with Crippen molar-refractivity contribution in [2.45, 2.75) is 12.5 Å². The maximum atomic E-state index is 12.8. The zero-order valence-electron chi connectivity index (χ0n) is 13.8. The Morgan fingerprint density at radius 3 is 2.71 bits per heavy atom. The summed E-state index contributed by atoms with van der Waals surface area (Å²) in [7, 11) is 0. The highest BCUT2D eigenvalue weighted by atomic mass is 16.2. The fourth-order valence-electron chi connectivity index (χ4n) is 3.61. The van der Waals surface area contributed by atoms with E-state index in [4.69, 9.17) is 0 Å². The predicted molar refractivity (Wildman–Crippen MR) is 92.3 cm³/mol. The van der Waals surface area contributed by atoms with Crippen LogP contribution in [0.4, 0.5) is 0 Å². The lowest BCUT2D eigenvalue weighted by molar-refractivity contribution is 0.0773. The molecule has 1 unspecified atom stereocenters. The van der Waals surface area contributed by atoms with Gasteiger partial charge in [0.15, 0.2) is 0 Å². The first-order valence-corrected chi connectivity index (χ1v) is 8.65. The smallest absolute Gasteiger partial charge is 0.257 e. The van der Waals surface area contributed by atoms with Crippen molar-refractivity contribution in [1.82, 2.24) is 24.9 Å². The minimum absolute atomic E-state index is 0.0924. The predicted octanol–water partition coefficient (Wildman–Crippen LogP) is 0.992. The first-order valence-electron chi connectivity index (χ1n) is 8.65. The number of likely N-dealkylation sites (tertiary alicyclic amines) is 1. The summed E-state index contributed by atoms with van der Waals surface area (Å²) in [5, 5.41) is 7.72. The lowest BCUT2D eigenvalue weighted by atomic mass is 10.2. The number of para-hydroxylation sites is 1. The maximum Gasteiger partial charge on any atom is 0.257 e. The van der Waals surface area contributed by atoms with E-state index >= 15 is 0 Å². The molecule has 0 spiro atoms. The van der Waals surface area contributed by atoms with Gasteiger partial charge in [-0.3, -0.25) is 9.69 Å². The summed E-state index contributed by atoms with van der Waals surface area (Å²) in [6.07, 6.45) is 4.57. The highest BCUT2D eigenvalue weighted by molar-refractivity contribution is 5.94. The number of amides is 1. The van der Waals surface area contributed by atoms with Crippen LogP contribution in [-0.2, 0) is 0 Å². The largest absolute Gasteiger partial charge is 0.337 e. The van der Waals surface area contributed by atoms with Crippen LogP contribution in [0.1, 0.15) is 16.8 Å². The lowest BCUT2D eigenvalue weighted by Gasteiger charge is -2.32. The van der Waals surface area contributed by atoms with Crippen LogP contribution in [0.15, 0.2) is 42.7 Å². The Bertz CT molecular complexity index is 692. The van der Waals surface area contributed by atoms with E-state index in [2.05, 4.69) is 15.3 Å². The molecule has 1 N–H and O–H groups in total. The van der Waals surface area contributed by atoms with Crippen molar-refractivity contribution in [3.8, 4) is 5.69 Å². The van der Waals surface area contributed by atoms with Crippen LogP contribution in [0, 0.1) is 0 Å². The monoisotopic (exact) mass is 325 g/mol. The van der Waals surface area contributed by atoms with Crippen molar-refractivity contribution in [2.75, 3.05) is 39.3 Å². The first-order chi connectivity index (χ1) is 11.8. The zero-order valence-corrected chi connectivity index (χ0v) is 13.8. The van der Waals surface area contributed by atoms with Gasteiger partial charge in [-0.05, 0) is 18.6 Å². The number of benzene rings is 1. The Hall–Kier alpha value is -2.18. The molecule has 24 heavy (non-hydrogen) atoms. The van der Waals surface area contributed by atoms with Crippen molar-refractivity contribution in [3.05, 3.63) is 48.3 Å². The molecule has 2 saturated heterocycles. The van der Waals surface area contributed by atoms with Crippen LogP contribution in [0.25, 0.3) is 5.69 Å². The molecule has 1 amide bonds. The van der Waals surface area contributed by atoms with Gasteiger partial charge in [0.2, 0.25) is 0 Å². The maximum absolute atomic E-state index is 12.8. The van der Waals surface area contributed by atoms with Gasteiger partial charge < -0.3 is 10.2 Å². The molecule has 2 fully saturated rings. The molecule has 2 aromatic rings. The second kappa shape index (κ2) is 6.75. The van der Waals surface area contributed by atoms with Gasteiger partial charge in [0.25, 0.3) is 5.91 Å². The number of rotatable bonds is 3. The number of hydrogen-bond acceptors (Lipinski definition) is 4. The van der Waals surface area contributed by atoms with Gasteiger partial charge in [0.05, 0.1) is 17.4 Å². The molecule has 1 atom stereocenters. The number of nitrogens with one attached hydrogen (secondary N) is 1. The molecule has 0 radical (unpaired) electrons. The topological polar surface area (TPSA) is 53.4 Å². The Balaban J connectivity index is 1.42. The van der Waals surface area contributed by atoms with Crippen molar-refractivity contribution in [1.29, 1.82) is 0 Å². The van der Waals surface area contributed by atoms with Crippen LogP contribution in [0.5, 0.6) is 0 Å². The van der Waals surface area contributed by atoms with Crippen LogP contribution in [0.2, 0.25) is 0 Å². The van der Waals surface area contributed by atoms with Crippen molar-refractivity contribution >= 4 is 5.91 Å². The average molecular weight is 325 g/mol. The fraction of sp³-hybridized carbons (Fsp3) is 0.444. The number of carbonyl (C=O) groups is 1. The molecule has 6 nitrogen and oxygen atoms in total. The van der Waals surface area contributed by atoms with E-state index in [9.17, 15) is 4.79 Å². The molecular formula is C18H23N5O. The van der Waals surface area contributed by atoms with E-state index in [0.717, 1.165) is 51.4 Å². The Labute approximate surface area is 142 Å². The van der Waals surface area contributed by atoms with Crippen molar-refractivity contribution in [3.63, 3.8) is 0 Å². The third-order valence-corrected chi connectivity index (χ3v) is 4.97. The number of aromatic nitrogens is 2. The van der Waals surface area contributed by atoms with Crippen LogP contribution in [-0.4, -0.2) is 70.8 Å². The SMILES string of the molecule is O=C(c1cnn(-c2ccccc2)c1)N1CCC(N2CCNCC2)C1. The van der Waals surface area contributed by atoms with Gasteiger partial charge in [-0.2, -0.15) is 5.10 Å². The van der Waals surface area contributed by atoms with Crippen LogP contribution in [0.3, 0.4) is 0 Å². The summed E-state index contributed by atoms with van der Waals surface area (Å²) in [5.74, 6) is 0.0924. The second-order valence-corrected chi connectivity index (χ2v) is 6.49. The molecule has 0 aliphatic carbocycles. The molecule has 6 heteroatoms. The summed E-state index contributed by atoms with van der Waals surface area (Å²) in [5.41, 5.74) is 1.64. The van der Waals surface area contributed by atoms with E-state index in [0.29, 0.717) is 11.6 Å². The molecule has 2 aliphatic rings. The quantitative estimate of drug-likeness (QED) is 0.914. The minimum atomic E-state index is 0.0924. The van der Waals surface area contributed by atoms with Gasteiger partial charge >= 0.3 is 0 Å². The number of carbonyl (C=O) groups excluding carboxylic acids is 1. The van der Waals surface area contributed by atoms with Gasteiger partial charge in [-0.25, -0.2) is 4.68 Å². The fourth-order valence-corrected chi connectivity index (χ4v) is 3.61. The third kappa shape index (κ3) is 3.07. The Morgan fingerprint density at radius 1 is 1.12 bits per heavy atom. The van der Waals surface area contributed by atoms with Gasteiger partial charge in [-0.15, -0.1) is 0 Å². The van der Waals surface area contributed by atoms with E-state index in [1.54, 1.807) is 10.9 Å². The molecule has 126 valence electrons. The summed E-state index contributed by atoms with van der Waals surface area (Å²) in [6, 6.07) is 10.4. The first kappa shape index (κ1) is 15.4. The van der Waals surface area contributed by atoms with Gasteiger partial charge in [-0.1, -0.05) is 18.2 Å². The van der Waals surface area contributed by atoms with Crippen LogP contribution >= 0.6 is 0 Å². The summed E-state index contributed by atoms with van der Waals surface area (Å²) < 4.78 is 1.76. The van der Waals surface area contributed by atoms with E-state index in [-0.39, 0.29) is 5.91 Å². The number of hydrogen-bond donors (Lipinski definition) is 1. The molecule has 2 aliphatic heterocycles. The molecule has 4 rings (SSSR count). The average Bonchev–Trinajstić information content (AvgIpc) is 3.33. The summed E-state index contributed by atoms with van der Waals surface area (Å²) >= 11 is 0. The van der Waals surface area contributed by atoms with E-state index in [1.165, 1.54) is 0 Å². The standard InChI is InChI=1S/C18H23N5O/c24-18(15-12-20-23(13-15)16-4-2-1-3-5-16)22-9-6-17(14-22)21-10-7-19-8-11-21/h1-5,12-13,17,19H,6-11,14H2. The van der Waals surface area contributed by atoms with E-state index in [1.807, 2.05) is 41.4 Å². The summed E-state index contributed by atoms with van der Waals surface area (Å²) in [4.78, 5) is 17.2. The minimum Gasteiger partial charge on any atom is -0.337 e. The van der Waals surface area contributed by atoms with Gasteiger partial charge in [0, 0.05) is 51.5 Å². The number of nitrogens with zero attached hydrogens (tertiary/aromatic N) is 4. The molecular weight excluding hydrogens is 302 g/mol. The second-order valence-electron chi connectivity index (χ2n) is 6.49. The Kier molecular flexibility index (Phi) is 4.32. The van der Waals surface area contributed by atoms with Crippen molar-refractivity contribution in [2.24, 2.45) is 0 Å². The molecule has 1 aromatic carbocycles. The van der Waals surface area contributed by atoms with Crippen LogP contribution < -0.4 is 5.32 Å².